The topological polar surface area (TPSA) is 51.2 Å². The van der Waals surface area contributed by atoms with Gasteiger partial charge in [0.05, 0.1) is 6.54 Å². The molecular formula is C15H13BrN2O2. The van der Waals surface area contributed by atoms with Gasteiger partial charge in [0.1, 0.15) is 17.5 Å². The van der Waals surface area contributed by atoms with E-state index in [4.69, 9.17) is 4.74 Å². The van der Waals surface area contributed by atoms with E-state index in [1.807, 2.05) is 24.3 Å². The molecule has 4 nitrogen and oxygen atoms in total. The summed E-state index contributed by atoms with van der Waals surface area (Å²) < 4.78 is 6.46. The molecule has 1 unspecified atom stereocenters. The number of carbonyl (C=O) groups excluding carboxylic acids is 1. The number of rotatable bonds is 3. The summed E-state index contributed by atoms with van der Waals surface area (Å²) in [5, 5.41) is 2.86. The fourth-order valence-corrected chi connectivity index (χ4v) is 2.65. The number of pyridine rings is 1. The van der Waals surface area contributed by atoms with Gasteiger partial charge in [0.25, 0.3) is 5.91 Å². The van der Waals surface area contributed by atoms with Gasteiger partial charge in [0, 0.05) is 17.1 Å². The van der Waals surface area contributed by atoms with Gasteiger partial charge in [0.2, 0.25) is 0 Å². The number of fused-ring (bicyclic) bond motifs is 1. The fraction of sp³-hybridized carbons (Fsp3) is 0.200. The molecular weight excluding hydrogens is 320 g/mol. The largest absolute Gasteiger partial charge is 0.488 e. The van der Waals surface area contributed by atoms with E-state index in [1.165, 1.54) is 5.56 Å². The van der Waals surface area contributed by atoms with Gasteiger partial charge < -0.3 is 10.1 Å². The lowest BCUT2D eigenvalue weighted by atomic mass is 10.1. The summed E-state index contributed by atoms with van der Waals surface area (Å²) in [5.41, 5.74) is 1.58. The Labute approximate surface area is 125 Å². The first-order chi connectivity index (χ1) is 9.74. The van der Waals surface area contributed by atoms with Crippen LogP contribution in [0.25, 0.3) is 0 Å². The molecule has 2 aromatic rings. The number of aromatic nitrogens is 1. The van der Waals surface area contributed by atoms with Gasteiger partial charge in [-0.15, -0.1) is 0 Å². The van der Waals surface area contributed by atoms with Crippen LogP contribution in [-0.2, 0) is 6.42 Å². The van der Waals surface area contributed by atoms with Crippen molar-refractivity contribution in [1.29, 1.82) is 0 Å². The van der Waals surface area contributed by atoms with Gasteiger partial charge in [0.15, 0.2) is 0 Å². The van der Waals surface area contributed by atoms with Crippen LogP contribution in [0.1, 0.15) is 16.1 Å². The van der Waals surface area contributed by atoms with Crippen molar-refractivity contribution in [3.8, 4) is 5.75 Å². The molecule has 1 aliphatic heterocycles. The molecule has 0 saturated carbocycles. The zero-order chi connectivity index (χ0) is 13.9. The van der Waals surface area contributed by atoms with Crippen molar-refractivity contribution in [2.75, 3.05) is 6.54 Å². The molecule has 0 radical (unpaired) electrons. The van der Waals surface area contributed by atoms with E-state index < -0.39 is 0 Å². The molecule has 0 fully saturated rings. The predicted molar refractivity (Wildman–Crippen MR) is 78.8 cm³/mol. The van der Waals surface area contributed by atoms with Crippen molar-refractivity contribution in [3.05, 3.63) is 58.3 Å². The Morgan fingerprint density at radius 2 is 2.20 bits per heavy atom. The summed E-state index contributed by atoms with van der Waals surface area (Å²) in [6, 6.07) is 11.5. The smallest absolute Gasteiger partial charge is 0.271 e. The van der Waals surface area contributed by atoms with Gasteiger partial charge >= 0.3 is 0 Å². The number of nitrogens with one attached hydrogen (secondary N) is 1. The normalized spacial score (nSPS) is 16.4. The quantitative estimate of drug-likeness (QED) is 0.939. The highest BCUT2D eigenvalue weighted by Gasteiger charge is 2.23. The molecule has 1 aromatic carbocycles. The van der Waals surface area contributed by atoms with Gasteiger partial charge in [-0.25, -0.2) is 4.98 Å². The predicted octanol–water partition coefficient (Wildman–Crippen LogP) is 2.58. The summed E-state index contributed by atoms with van der Waals surface area (Å²) in [4.78, 5) is 16.1. The van der Waals surface area contributed by atoms with E-state index in [9.17, 15) is 4.79 Å². The summed E-state index contributed by atoms with van der Waals surface area (Å²) in [7, 11) is 0. The highest BCUT2D eigenvalue weighted by Crippen LogP contribution is 2.27. The lowest BCUT2D eigenvalue weighted by Gasteiger charge is -2.12. The van der Waals surface area contributed by atoms with Crippen LogP contribution in [0.15, 0.2) is 47.1 Å². The van der Waals surface area contributed by atoms with E-state index in [1.54, 1.807) is 18.3 Å². The standard InChI is InChI=1S/C15H13BrN2O2/c16-12-5-3-7-17-14(12)15(19)18-9-11-8-10-4-1-2-6-13(10)20-11/h1-7,11H,8-9H2,(H,18,19). The second kappa shape index (κ2) is 5.63. The van der Waals surface area contributed by atoms with Crippen molar-refractivity contribution in [3.63, 3.8) is 0 Å². The minimum atomic E-state index is -0.197. The molecule has 3 rings (SSSR count). The van der Waals surface area contributed by atoms with Crippen LogP contribution in [0.2, 0.25) is 0 Å². The number of benzene rings is 1. The van der Waals surface area contributed by atoms with E-state index in [0.29, 0.717) is 16.7 Å². The van der Waals surface area contributed by atoms with E-state index >= 15 is 0 Å². The number of para-hydroxylation sites is 1. The van der Waals surface area contributed by atoms with Gasteiger partial charge in [-0.1, -0.05) is 18.2 Å². The fourth-order valence-electron chi connectivity index (χ4n) is 2.21. The maximum atomic E-state index is 12.0. The van der Waals surface area contributed by atoms with Crippen molar-refractivity contribution < 1.29 is 9.53 Å². The second-order valence-electron chi connectivity index (χ2n) is 4.60. The van der Waals surface area contributed by atoms with Gasteiger partial charge in [-0.2, -0.15) is 0 Å². The maximum Gasteiger partial charge on any atom is 0.271 e. The molecule has 1 amide bonds. The molecule has 0 aliphatic carbocycles. The van der Waals surface area contributed by atoms with Crippen LogP contribution in [-0.4, -0.2) is 23.5 Å². The van der Waals surface area contributed by atoms with Gasteiger partial charge in [-0.3, -0.25) is 4.79 Å². The molecule has 2 heterocycles. The first-order valence-electron chi connectivity index (χ1n) is 6.37. The zero-order valence-corrected chi connectivity index (χ0v) is 12.3. The molecule has 0 saturated heterocycles. The lowest BCUT2D eigenvalue weighted by molar-refractivity contribution is 0.0927. The van der Waals surface area contributed by atoms with Crippen LogP contribution in [0, 0.1) is 0 Å². The molecule has 1 aliphatic rings. The zero-order valence-electron chi connectivity index (χ0n) is 10.7. The van der Waals surface area contributed by atoms with E-state index in [-0.39, 0.29) is 12.0 Å². The Morgan fingerprint density at radius 3 is 3.00 bits per heavy atom. The average molecular weight is 333 g/mol. The molecule has 102 valence electrons. The molecule has 0 bridgehead atoms. The number of halogens is 1. The van der Waals surface area contributed by atoms with Crippen LogP contribution in [0.4, 0.5) is 0 Å². The SMILES string of the molecule is O=C(NCC1Cc2ccccc2O1)c1ncccc1Br. The Hall–Kier alpha value is -1.88. The number of nitrogens with zero attached hydrogens (tertiary/aromatic N) is 1. The minimum absolute atomic E-state index is 0.0150. The highest BCUT2D eigenvalue weighted by molar-refractivity contribution is 9.10. The van der Waals surface area contributed by atoms with Crippen molar-refractivity contribution in [2.45, 2.75) is 12.5 Å². The third-order valence-corrected chi connectivity index (χ3v) is 3.82. The Kier molecular flexibility index (Phi) is 3.69. The summed E-state index contributed by atoms with van der Waals surface area (Å²) in [6.45, 7) is 0.469. The molecule has 1 aromatic heterocycles. The molecule has 20 heavy (non-hydrogen) atoms. The lowest BCUT2D eigenvalue weighted by Crippen LogP contribution is -2.35. The van der Waals surface area contributed by atoms with Crippen LogP contribution < -0.4 is 10.1 Å². The van der Waals surface area contributed by atoms with Crippen molar-refractivity contribution in [1.82, 2.24) is 10.3 Å². The minimum Gasteiger partial charge on any atom is -0.488 e. The molecule has 1 N–H and O–H groups in total. The van der Waals surface area contributed by atoms with Crippen molar-refractivity contribution in [2.24, 2.45) is 0 Å². The van der Waals surface area contributed by atoms with Crippen LogP contribution in [0.5, 0.6) is 5.75 Å². The van der Waals surface area contributed by atoms with Crippen LogP contribution in [0.3, 0.4) is 0 Å². The Bertz CT molecular complexity index is 620. The number of ether oxygens (including phenoxy) is 1. The highest BCUT2D eigenvalue weighted by atomic mass is 79.9. The summed E-state index contributed by atoms with van der Waals surface area (Å²) in [6.07, 6.45) is 2.40. The summed E-state index contributed by atoms with van der Waals surface area (Å²) >= 11 is 3.32. The van der Waals surface area contributed by atoms with Crippen molar-refractivity contribution >= 4 is 21.8 Å². The average Bonchev–Trinajstić information content (AvgIpc) is 2.88. The summed E-state index contributed by atoms with van der Waals surface area (Å²) in [5.74, 6) is 0.711. The van der Waals surface area contributed by atoms with Gasteiger partial charge in [-0.05, 0) is 39.7 Å². The number of hydrogen-bond acceptors (Lipinski definition) is 3. The van der Waals surface area contributed by atoms with Crippen LogP contribution >= 0.6 is 15.9 Å². The monoisotopic (exact) mass is 332 g/mol. The third kappa shape index (κ3) is 2.67. The Balaban J connectivity index is 1.59. The molecule has 0 spiro atoms. The number of carbonyl (C=O) groups is 1. The number of hydrogen-bond donors (Lipinski definition) is 1. The molecule has 5 heteroatoms. The number of amides is 1. The first kappa shape index (κ1) is 13.1. The van der Waals surface area contributed by atoms with E-state index in [2.05, 4.69) is 26.2 Å². The third-order valence-electron chi connectivity index (χ3n) is 3.18. The maximum absolute atomic E-state index is 12.0. The molecule has 1 atom stereocenters. The first-order valence-corrected chi connectivity index (χ1v) is 7.16. The van der Waals surface area contributed by atoms with E-state index in [0.717, 1.165) is 12.2 Å². The second-order valence-corrected chi connectivity index (χ2v) is 5.45. The Morgan fingerprint density at radius 1 is 1.35 bits per heavy atom.